The van der Waals surface area contributed by atoms with Gasteiger partial charge in [0.05, 0.1) is 5.69 Å². The number of hydrogen-bond acceptors (Lipinski definition) is 2. The van der Waals surface area contributed by atoms with E-state index in [2.05, 4.69) is 10.4 Å². The summed E-state index contributed by atoms with van der Waals surface area (Å²) in [7, 11) is 0. The molecule has 0 aliphatic heterocycles. The van der Waals surface area contributed by atoms with Gasteiger partial charge in [-0.2, -0.15) is 5.10 Å². The van der Waals surface area contributed by atoms with E-state index in [1.54, 1.807) is 22.9 Å². The first-order chi connectivity index (χ1) is 10.1. The van der Waals surface area contributed by atoms with Crippen molar-refractivity contribution in [1.29, 1.82) is 0 Å². The molecule has 1 aliphatic rings. The van der Waals surface area contributed by atoms with Crippen LogP contribution in [-0.4, -0.2) is 21.7 Å². The standard InChI is InChI=1S/C16H18FN3O/c1-11-10-15(16(21)18-13-4-2-3-5-13)19-20(11)14-8-6-12(17)7-9-14/h6-10,13H,2-5H2,1H3,(H,18,21). The second kappa shape index (κ2) is 5.68. The number of aromatic nitrogens is 2. The van der Waals surface area contributed by atoms with E-state index in [0.717, 1.165) is 24.2 Å². The number of nitrogens with one attached hydrogen (secondary N) is 1. The third-order valence-electron chi connectivity index (χ3n) is 3.88. The van der Waals surface area contributed by atoms with Gasteiger partial charge in [-0.3, -0.25) is 4.79 Å². The largest absolute Gasteiger partial charge is 0.348 e. The summed E-state index contributed by atoms with van der Waals surface area (Å²) in [5, 5.41) is 7.36. The number of amides is 1. The highest BCUT2D eigenvalue weighted by Crippen LogP contribution is 2.18. The zero-order valence-corrected chi connectivity index (χ0v) is 12.0. The molecular weight excluding hydrogens is 269 g/mol. The van der Waals surface area contributed by atoms with Gasteiger partial charge in [0.2, 0.25) is 0 Å². The van der Waals surface area contributed by atoms with E-state index in [4.69, 9.17) is 0 Å². The Balaban J connectivity index is 1.80. The molecule has 1 fully saturated rings. The Bertz CT molecular complexity index is 642. The average molecular weight is 287 g/mol. The maximum atomic E-state index is 13.0. The Morgan fingerprint density at radius 1 is 1.29 bits per heavy atom. The highest BCUT2D eigenvalue weighted by atomic mass is 19.1. The number of carbonyl (C=O) groups is 1. The van der Waals surface area contributed by atoms with Crippen molar-refractivity contribution in [2.45, 2.75) is 38.6 Å². The smallest absolute Gasteiger partial charge is 0.272 e. The summed E-state index contributed by atoms with van der Waals surface area (Å²) in [6.07, 6.45) is 4.44. The molecule has 0 unspecified atom stereocenters. The first-order valence-corrected chi connectivity index (χ1v) is 7.27. The fraction of sp³-hybridized carbons (Fsp3) is 0.375. The Hall–Kier alpha value is -2.17. The van der Waals surface area contributed by atoms with Crippen molar-refractivity contribution in [2.75, 3.05) is 0 Å². The lowest BCUT2D eigenvalue weighted by atomic mass is 10.2. The van der Waals surface area contributed by atoms with Crippen molar-refractivity contribution in [3.8, 4) is 5.69 Å². The molecule has 1 aromatic carbocycles. The molecule has 1 aromatic heterocycles. The molecule has 0 spiro atoms. The monoisotopic (exact) mass is 287 g/mol. The Morgan fingerprint density at radius 2 is 1.95 bits per heavy atom. The SMILES string of the molecule is Cc1cc(C(=O)NC2CCCC2)nn1-c1ccc(F)cc1. The van der Waals surface area contributed by atoms with E-state index in [-0.39, 0.29) is 17.8 Å². The topological polar surface area (TPSA) is 46.9 Å². The Labute approximate surface area is 123 Å². The lowest BCUT2D eigenvalue weighted by Gasteiger charge is -2.10. The molecule has 0 bridgehead atoms. The van der Waals surface area contributed by atoms with Crippen LogP contribution in [0.1, 0.15) is 41.9 Å². The average Bonchev–Trinajstić information content (AvgIpc) is 3.09. The predicted octanol–water partition coefficient (Wildman–Crippen LogP) is 2.99. The van der Waals surface area contributed by atoms with Crippen LogP contribution in [0.25, 0.3) is 5.69 Å². The zero-order valence-electron chi connectivity index (χ0n) is 12.0. The van der Waals surface area contributed by atoms with Crippen LogP contribution in [0.3, 0.4) is 0 Å². The minimum Gasteiger partial charge on any atom is -0.348 e. The van der Waals surface area contributed by atoms with Crippen LogP contribution in [0.5, 0.6) is 0 Å². The number of nitrogens with zero attached hydrogens (tertiary/aromatic N) is 2. The first-order valence-electron chi connectivity index (χ1n) is 7.27. The van der Waals surface area contributed by atoms with Gasteiger partial charge in [0.15, 0.2) is 5.69 Å². The molecule has 0 saturated heterocycles. The minimum atomic E-state index is -0.289. The van der Waals surface area contributed by atoms with Crippen molar-refractivity contribution in [2.24, 2.45) is 0 Å². The van der Waals surface area contributed by atoms with Crippen molar-refractivity contribution in [3.63, 3.8) is 0 Å². The summed E-state index contributed by atoms with van der Waals surface area (Å²) < 4.78 is 14.6. The van der Waals surface area contributed by atoms with Crippen LogP contribution in [0, 0.1) is 12.7 Å². The molecular formula is C16H18FN3O. The van der Waals surface area contributed by atoms with Gasteiger partial charge in [-0.1, -0.05) is 12.8 Å². The van der Waals surface area contributed by atoms with E-state index in [0.29, 0.717) is 5.69 Å². The second-order valence-electron chi connectivity index (χ2n) is 5.51. The molecule has 3 rings (SSSR count). The van der Waals surface area contributed by atoms with Gasteiger partial charge in [-0.25, -0.2) is 9.07 Å². The summed E-state index contributed by atoms with van der Waals surface area (Å²) in [5.41, 5.74) is 2.00. The zero-order chi connectivity index (χ0) is 14.8. The van der Waals surface area contributed by atoms with Crippen molar-refractivity contribution >= 4 is 5.91 Å². The fourth-order valence-corrected chi connectivity index (χ4v) is 2.76. The highest BCUT2D eigenvalue weighted by molar-refractivity contribution is 5.92. The van der Waals surface area contributed by atoms with Gasteiger partial charge in [0, 0.05) is 11.7 Å². The second-order valence-corrected chi connectivity index (χ2v) is 5.51. The van der Waals surface area contributed by atoms with Gasteiger partial charge in [0.1, 0.15) is 5.82 Å². The maximum absolute atomic E-state index is 13.0. The normalized spacial score (nSPS) is 15.3. The Kier molecular flexibility index (Phi) is 3.73. The van der Waals surface area contributed by atoms with Crippen LogP contribution in [0.2, 0.25) is 0 Å². The molecule has 0 radical (unpaired) electrons. The molecule has 2 aromatic rings. The molecule has 1 saturated carbocycles. The fourth-order valence-electron chi connectivity index (χ4n) is 2.76. The summed E-state index contributed by atoms with van der Waals surface area (Å²) in [5.74, 6) is -0.423. The van der Waals surface area contributed by atoms with Crippen LogP contribution in [0.15, 0.2) is 30.3 Å². The van der Waals surface area contributed by atoms with Gasteiger partial charge in [-0.15, -0.1) is 0 Å². The lowest BCUT2D eigenvalue weighted by molar-refractivity contribution is 0.0932. The van der Waals surface area contributed by atoms with Crippen LogP contribution < -0.4 is 5.32 Å². The molecule has 1 amide bonds. The van der Waals surface area contributed by atoms with Crippen LogP contribution in [0.4, 0.5) is 4.39 Å². The summed E-state index contributed by atoms with van der Waals surface area (Å²) in [6, 6.07) is 8.09. The predicted molar refractivity (Wildman–Crippen MR) is 78.0 cm³/mol. The molecule has 21 heavy (non-hydrogen) atoms. The summed E-state index contributed by atoms with van der Waals surface area (Å²) in [4.78, 5) is 12.2. The maximum Gasteiger partial charge on any atom is 0.272 e. The molecule has 4 nitrogen and oxygen atoms in total. The quantitative estimate of drug-likeness (QED) is 0.943. The number of hydrogen-bond donors (Lipinski definition) is 1. The number of rotatable bonds is 3. The van der Waals surface area contributed by atoms with Crippen molar-refractivity contribution in [3.05, 3.63) is 47.5 Å². The molecule has 1 N–H and O–H groups in total. The van der Waals surface area contributed by atoms with Gasteiger partial charge in [0.25, 0.3) is 5.91 Å². The number of carbonyl (C=O) groups excluding carboxylic acids is 1. The van der Waals surface area contributed by atoms with E-state index in [1.807, 2.05) is 6.92 Å². The van der Waals surface area contributed by atoms with Crippen LogP contribution >= 0.6 is 0 Å². The number of aryl methyl sites for hydroxylation is 1. The summed E-state index contributed by atoms with van der Waals surface area (Å²) in [6.45, 7) is 1.88. The molecule has 0 atom stereocenters. The lowest BCUT2D eigenvalue weighted by Crippen LogP contribution is -2.32. The van der Waals surface area contributed by atoms with E-state index >= 15 is 0 Å². The minimum absolute atomic E-state index is 0.133. The third kappa shape index (κ3) is 2.96. The van der Waals surface area contributed by atoms with Crippen molar-refractivity contribution in [1.82, 2.24) is 15.1 Å². The molecule has 1 aliphatic carbocycles. The van der Waals surface area contributed by atoms with Gasteiger partial charge in [-0.05, 0) is 50.1 Å². The number of halogens is 1. The van der Waals surface area contributed by atoms with E-state index in [1.165, 1.54) is 25.0 Å². The molecule has 110 valence electrons. The van der Waals surface area contributed by atoms with Gasteiger partial charge >= 0.3 is 0 Å². The van der Waals surface area contributed by atoms with Crippen molar-refractivity contribution < 1.29 is 9.18 Å². The van der Waals surface area contributed by atoms with E-state index in [9.17, 15) is 9.18 Å². The third-order valence-corrected chi connectivity index (χ3v) is 3.88. The van der Waals surface area contributed by atoms with Crippen LogP contribution in [-0.2, 0) is 0 Å². The van der Waals surface area contributed by atoms with E-state index < -0.39 is 0 Å². The molecule has 5 heteroatoms. The molecule has 1 heterocycles. The number of benzene rings is 1. The Morgan fingerprint density at radius 3 is 2.62 bits per heavy atom. The summed E-state index contributed by atoms with van der Waals surface area (Å²) >= 11 is 0. The first kappa shape index (κ1) is 13.8. The highest BCUT2D eigenvalue weighted by Gasteiger charge is 2.20. The van der Waals surface area contributed by atoms with Gasteiger partial charge < -0.3 is 5.32 Å².